The van der Waals surface area contributed by atoms with Gasteiger partial charge >= 0.3 is 12.1 Å². The Morgan fingerprint density at radius 3 is 2.69 bits per heavy atom. The Morgan fingerprint density at radius 2 is 2.00 bits per heavy atom. The molecule has 0 saturated carbocycles. The maximum atomic E-state index is 12.6. The lowest BCUT2D eigenvalue weighted by Gasteiger charge is -2.34. The number of ether oxygens (including phenoxy) is 2. The molecule has 8 heteroatoms. The van der Waals surface area contributed by atoms with Gasteiger partial charge in [-0.25, -0.2) is 9.78 Å². The minimum Gasteiger partial charge on any atom is -0.481 e. The number of nitrogens with zero attached hydrogens (tertiary/aromatic N) is 3. The van der Waals surface area contributed by atoms with Crippen LogP contribution in [0.4, 0.5) is 10.5 Å². The number of carbonyl (C=O) groups excluding carboxylic acids is 1. The van der Waals surface area contributed by atoms with E-state index in [9.17, 15) is 14.7 Å². The fourth-order valence-electron chi connectivity index (χ4n) is 5.52. The van der Waals surface area contributed by atoms with E-state index in [1.807, 2.05) is 49.4 Å². The van der Waals surface area contributed by atoms with Crippen LogP contribution in [0.5, 0.6) is 0 Å². The standard InChI is InChI=1S/C27H31N3O5/c1-17-10-11-20-22(29(17)27(33)34-2)12-13-23-25(20)28-24(30(23)19-9-6-14-35-16-19)15-21(26(31)32)18-7-4-3-5-8-18/h3-5,7-8,12-13,17,19,21H,6,9-11,14-16H2,1-2H3,(H,31,32). The van der Waals surface area contributed by atoms with E-state index < -0.39 is 11.9 Å². The highest BCUT2D eigenvalue weighted by atomic mass is 16.5. The predicted octanol–water partition coefficient (Wildman–Crippen LogP) is 4.71. The van der Waals surface area contributed by atoms with Crippen LogP contribution in [0.1, 0.15) is 55.1 Å². The number of rotatable bonds is 5. The molecule has 2 aliphatic rings. The number of aryl methyl sites for hydroxylation is 1. The quantitative estimate of drug-likeness (QED) is 0.572. The third kappa shape index (κ3) is 4.27. The Kier molecular flexibility index (Phi) is 6.47. The van der Waals surface area contributed by atoms with Crippen LogP contribution in [0.3, 0.4) is 0 Å². The summed E-state index contributed by atoms with van der Waals surface area (Å²) in [6.07, 6.45) is 3.38. The smallest absolute Gasteiger partial charge is 0.414 e. The number of hydrogen-bond donors (Lipinski definition) is 1. The number of anilines is 1. The number of aliphatic carboxylic acids is 1. The molecule has 0 bridgehead atoms. The molecule has 3 unspecified atom stereocenters. The highest BCUT2D eigenvalue weighted by Crippen LogP contribution is 2.39. The van der Waals surface area contributed by atoms with Gasteiger partial charge in [-0.3, -0.25) is 9.69 Å². The van der Waals surface area contributed by atoms with Crippen molar-refractivity contribution in [3.8, 4) is 0 Å². The molecule has 184 valence electrons. The summed E-state index contributed by atoms with van der Waals surface area (Å²) in [5.74, 6) is -0.843. The molecule has 35 heavy (non-hydrogen) atoms. The molecule has 0 spiro atoms. The average molecular weight is 478 g/mol. The maximum Gasteiger partial charge on any atom is 0.414 e. The van der Waals surface area contributed by atoms with E-state index in [2.05, 4.69) is 4.57 Å². The van der Waals surface area contributed by atoms with Crippen molar-refractivity contribution in [2.24, 2.45) is 0 Å². The number of hydrogen-bond acceptors (Lipinski definition) is 5. The summed E-state index contributed by atoms with van der Waals surface area (Å²) in [4.78, 5) is 31.6. The lowest BCUT2D eigenvalue weighted by molar-refractivity contribution is -0.138. The van der Waals surface area contributed by atoms with Gasteiger partial charge in [0.2, 0.25) is 0 Å². The third-order valence-electron chi connectivity index (χ3n) is 7.29. The van der Waals surface area contributed by atoms with Gasteiger partial charge in [0.1, 0.15) is 5.82 Å². The van der Waals surface area contributed by atoms with Crippen LogP contribution in [-0.2, 0) is 27.1 Å². The van der Waals surface area contributed by atoms with E-state index in [-0.39, 0.29) is 24.6 Å². The first-order valence-corrected chi connectivity index (χ1v) is 12.2. The van der Waals surface area contributed by atoms with Crippen LogP contribution in [0.15, 0.2) is 42.5 Å². The number of aromatic nitrogens is 2. The fraction of sp³-hybridized carbons (Fsp3) is 0.444. The van der Waals surface area contributed by atoms with E-state index in [0.29, 0.717) is 6.61 Å². The molecule has 3 aromatic rings. The molecule has 1 fully saturated rings. The number of carboxylic acids is 1. The summed E-state index contributed by atoms with van der Waals surface area (Å²) in [7, 11) is 1.40. The zero-order chi connectivity index (χ0) is 24.5. The predicted molar refractivity (Wildman–Crippen MR) is 132 cm³/mol. The Labute approximate surface area is 204 Å². The molecule has 1 aromatic heterocycles. The molecule has 0 aliphatic carbocycles. The van der Waals surface area contributed by atoms with Gasteiger partial charge in [0.15, 0.2) is 0 Å². The molecule has 1 N–H and O–H groups in total. The molecule has 3 atom stereocenters. The summed E-state index contributed by atoms with van der Waals surface area (Å²) in [6.45, 7) is 3.33. The van der Waals surface area contributed by atoms with E-state index in [1.54, 1.807) is 4.90 Å². The van der Waals surface area contributed by atoms with Crippen molar-refractivity contribution in [3.05, 3.63) is 59.4 Å². The van der Waals surface area contributed by atoms with E-state index >= 15 is 0 Å². The van der Waals surface area contributed by atoms with Crippen LogP contribution in [0, 0.1) is 0 Å². The van der Waals surface area contributed by atoms with Crippen molar-refractivity contribution in [1.29, 1.82) is 0 Å². The van der Waals surface area contributed by atoms with Crippen molar-refractivity contribution < 1.29 is 24.2 Å². The van der Waals surface area contributed by atoms with Crippen molar-refractivity contribution in [1.82, 2.24) is 9.55 Å². The molecule has 8 nitrogen and oxygen atoms in total. The van der Waals surface area contributed by atoms with E-state index in [1.165, 1.54) is 7.11 Å². The van der Waals surface area contributed by atoms with Crippen molar-refractivity contribution in [3.63, 3.8) is 0 Å². The summed E-state index contributed by atoms with van der Waals surface area (Å²) in [5, 5.41) is 10.1. The first-order valence-electron chi connectivity index (χ1n) is 12.2. The molecule has 5 rings (SSSR count). The Bertz CT molecular complexity index is 1230. The number of imidazole rings is 1. The van der Waals surface area contributed by atoms with Gasteiger partial charge in [-0.05, 0) is 50.3 Å². The maximum absolute atomic E-state index is 12.6. The molecule has 0 radical (unpaired) electrons. The fourth-order valence-corrected chi connectivity index (χ4v) is 5.52. The van der Waals surface area contributed by atoms with Crippen LogP contribution >= 0.6 is 0 Å². The van der Waals surface area contributed by atoms with Gasteiger partial charge in [-0.15, -0.1) is 0 Å². The second-order valence-corrected chi connectivity index (χ2v) is 9.43. The summed E-state index contributed by atoms with van der Waals surface area (Å²) >= 11 is 0. The van der Waals surface area contributed by atoms with Crippen molar-refractivity contribution >= 4 is 28.8 Å². The number of methoxy groups -OCH3 is 1. The highest BCUT2D eigenvalue weighted by Gasteiger charge is 2.33. The van der Waals surface area contributed by atoms with Gasteiger partial charge in [-0.1, -0.05) is 30.3 Å². The third-order valence-corrected chi connectivity index (χ3v) is 7.29. The second kappa shape index (κ2) is 9.70. The van der Waals surface area contributed by atoms with Crippen LogP contribution in [-0.4, -0.2) is 53.1 Å². The average Bonchev–Trinajstić information content (AvgIpc) is 3.26. The van der Waals surface area contributed by atoms with Crippen LogP contribution < -0.4 is 4.90 Å². The second-order valence-electron chi connectivity index (χ2n) is 9.43. The monoisotopic (exact) mass is 477 g/mol. The summed E-state index contributed by atoms with van der Waals surface area (Å²) < 4.78 is 13.1. The zero-order valence-corrected chi connectivity index (χ0v) is 20.1. The Morgan fingerprint density at radius 1 is 1.20 bits per heavy atom. The number of carbonyl (C=O) groups is 2. The molecular formula is C27H31N3O5. The van der Waals surface area contributed by atoms with E-state index in [4.69, 9.17) is 14.5 Å². The molecule has 2 aromatic carbocycles. The topological polar surface area (TPSA) is 93.9 Å². The Hall–Kier alpha value is -3.39. The summed E-state index contributed by atoms with van der Waals surface area (Å²) in [5.41, 5.74) is 4.38. The van der Waals surface area contributed by atoms with Crippen molar-refractivity contribution in [2.75, 3.05) is 25.2 Å². The van der Waals surface area contributed by atoms with Gasteiger partial charge in [-0.2, -0.15) is 0 Å². The minimum atomic E-state index is -0.873. The molecule has 1 amide bonds. The molecular weight excluding hydrogens is 446 g/mol. The largest absolute Gasteiger partial charge is 0.481 e. The Balaban J connectivity index is 1.65. The first-order chi connectivity index (χ1) is 17.0. The highest BCUT2D eigenvalue weighted by molar-refractivity contribution is 5.95. The lowest BCUT2D eigenvalue weighted by atomic mass is 9.95. The summed E-state index contributed by atoms with van der Waals surface area (Å²) in [6, 6.07) is 13.4. The van der Waals surface area contributed by atoms with Gasteiger partial charge < -0.3 is 19.1 Å². The zero-order valence-electron chi connectivity index (χ0n) is 20.1. The normalized spacial score (nSPS) is 20.9. The SMILES string of the molecule is COC(=O)N1c2ccc3c(nc(CC(C(=O)O)c4ccccc4)n3C3CCCOC3)c2CCC1C. The van der Waals surface area contributed by atoms with Gasteiger partial charge in [0, 0.05) is 24.6 Å². The molecule has 2 aliphatic heterocycles. The number of benzene rings is 2. The van der Waals surface area contributed by atoms with Crippen LogP contribution in [0.2, 0.25) is 0 Å². The van der Waals surface area contributed by atoms with Gasteiger partial charge in [0.25, 0.3) is 0 Å². The lowest BCUT2D eigenvalue weighted by Crippen LogP contribution is -2.42. The number of amides is 1. The van der Waals surface area contributed by atoms with Crippen molar-refractivity contribution in [2.45, 2.75) is 57.0 Å². The molecule has 1 saturated heterocycles. The first kappa shape index (κ1) is 23.4. The van der Waals surface area contributed by atoms with Gasteiger partial charge in [0.05, 0.1) is 42.4 Å². The number of carboxylic acid groups (broad SMARTS) is 1. The van der Waals surface area contributed by atoms with E-state index in [0.717, 1.165) is 66.0 Å². The molecule has 3 heterocycles. The minimum absolute atomic E-state index is 0.0233. The number of fused-ring (bicyclic) bond motifs is 3. The van der Waals surface area contributed by atoms with Crippen LogP contribution in [0.25, 0.3) is 11.0 Å².